The molecule has 1 aliphatic rings. The Bertz CT molecular complexity index is 1870. The highest BCUT2D eigenvalue weighted by Crippen LogP contribution is 2.37. The largest absolute Gasteiger partial charge is 0.379 e. The van der Waals surface area contributed by atoms with Crippen LogP contribution in [0.2, 0.25) is 0 Å². The van der Waals surface area contributed by atoms with Crippen molar-refractivity contribution in [2.75, 3.05) is 26.3 Å². The topological polar surface area (TPSA) is 72.3 Å². The van der Waals surface area contributed by atoms with Crippen LogP contribution >= 0.6 is 0 Å². The lowest BCUT2D eigenvalue weighted by Crippen LogP contribution is -2.35. The van der Waals surface area contributed by atoms with E-state index in [4.69, 9.17) is 4.74 Å². The molecule has 0 bridgehead atoms. The standard InChI is InChI=1S/C31H28F2N4O3/c1-35-17-25(20-5-3-4-19(12-20)16-37-8-10-40-11-9-37)23(15-29(35)38)26-18-36(2)31(39)30-24(26)14-28(34-30)22-7-6-21(32)13-27(22)33/h3-7,12-15,17-18,34H,8-11,16H2,1-2H3. The van der Waals surface area contributed by atoms with Crippen molar-refractivity contribution in [1.29, 1.82) is 0 Å². The van der Waals surface area contributed by atoms with Gasteiger partial charge in [-0.1, -0.05) is 18.2 Å². The van der Waals surface area contributed by atoms with E-state index < -0.39 is 11.6 Å². The number of ether oxygens (including phenoxy) is 1. The van der Waals surface area contributed by atoms with Crippen molar-refractivity contribution in [3.8, 4) is 33.5 Å². The quantitative estimate of drug-likeness (QED) is 0.350. The Labute approximate surface area is 228 Å². The molecule has 5 aromatic rings. The second-order valence-corrected chi connectivity index (χ2v) is 10.2. The molecule has 0 aliphatic carbocycles. The van der Waals surface area contributed by atoms with Crippen LogP contribution < -0.4 is 11.1 Å². The monoisotopic (exact) mass is 542 g/mol. The normalized spacial score (nSPS) is 14.2. The van der Waals surface area contributed by atoms with E-state index in [9.17, 15) is 18.4 Å². The van der Waals surface area contributed by atoms with Crippen molar-refractivity contribution < 1.29 is 13.5 Å². The van der Waals surface area contributed by atoms with Crippen LogP contribution in [-0.4, -0.2) is 45.3 Å². The van der Waals surface area contributed by atoms with Crippen LogP contribution in [0.25, 0.3) is 44.4 Å². The Hall–Kier alpha value is -4.34. The second kappa shape index (κ2) is 10.3. The van der Waals surface area contributed by atoms with E-state index in [1.165, 1.54) is 21.3 Å². The van der Waals surface area contributed by atoms with Crippen LogP contribution in [-0.2, 0) is 25.4 Å². The maximum absolute atomic E-state index is 14.7. The first-order valence-corrected chi connectivity index (χ1v) is 13.1. The first kappa shape index (κ1) is 25.9. The molecule has 40 heavy (non-hydrogen) atoms. The second-order valence-electron chi connectivity index (χ2n) is 10.2. The number of H-pyrrole nitrogens is 1. The maximum Gasteiger partial charge on any atom is 0.274 e. The highest BCUT2D eigenvalue weighted by Gasteiger charge is 2.19. The number of aromatic amines is 1. The molecule has 0 atom stereocenters. The Morgan fingerprint density at radius 2 is 1.62 bits per heavy atom. The van der Waals surface area contributed by atoms with Gasteiger partial charge in [0.2, 0.25) is 0 Å². The van der Waals surface area contributed by atoms with Crippen molar-refractivity contribution in [3.63, 3.8) is 0 Å². The van der Waals surface area contributed by atoms with E-state index in [2.05, 4.69) is 22.0 Å². The number of nitrogens with one attached hydrogen (secondary N) is 1. The molecule has 7 nitrogen and oxygen atoms in total. The van der Waals surface area contributed by atoms with E-state index in [0.29, 0.717) is 35.4 Å². The number of fused-ring (bicyclic) bond motifs is 1. The molecule has 3 aromatic heterocycles. The number of benzene rings is 2. The number of hydrogen-bond acceptors (Lipinski definition) is 4. The summed E-state index contributed by atoms with van der Waals surface area (Å²) >= 11 is 0. The highest BCUT2D eigenvalue weighted by atomic mass is 19.1. The number of hydrogen-bond donors (Lipinski definition) is 1. The molecule has 0 radical (unpaired) electrons. The number of aryl methyl sites for hydroxylation is 2. The lowest BCUT2D eigenvalue weighted by Gasteiger charge is -2.26. The molecule has 4 heterocycles. The fourth-order valence-electron chi connectivity index (χ4n) is 5.34. The van der Waals surface area contributed by atoms with Crippen LogP contribution in [0.15, 0.2) is 76.6 Å². The molecule has 1 fully saturated rings. The summed E-state index contributed by atoms with van der Waals surface area (Å²) in [5, 5.41) is 0.542. The molecule has 0 spiro atoms. The van der Waals surface area contributed by atoms with Gasteiger partial charge in [-0.05, 0) is 41.0 Å². The third-order valence-electron chi connectivity index (χ3n) is 7.45. The van der Waals surface area contributed by atoms with E-state index >= 15 is 0 Å². The number of aromatic nitrogens is 3. The van der Waals surface area contributed by atoms with Crippen LogP contribution in [0.3, 0.4) is 0 Å². The average molecular weight is 543 g/mol. The first-order chi connectivity index (χ1) is 19.3. The summed E-state index contributed by atoms with van der Waals surface area (Å²) in [6.45, 7) is 3.96. The van der Waals surface area contributed by atoms with Gasteiger partial charge in [-0.15, -0.1) is 0 Å². The third kappa shape index (κ3) is 4.78. The summed E-state index contributed by atoms with van der Waals surface area (Å²) in [6.07, 6.45) is 3.49. The van der Waals surface area contributed by atoms with E-state index in [1.807, 2.05) is 12.1 Å². The summed E-state index contributed by atoms with van der Waals surface area (Å²) in [6, 6.07) is 14.8. The van der Waals surface area contributed by atoms with Crippen LogP contribution in [0.4, 0.5) is 8.78 Å². The van der Waals surface area contributed by atoms with Gasteiger partial charge in [-0.2, -0.15) is 0 Å². The lowest BCUT2D eigenvalue weighted by molar-refractivity contribution is 0.0342. The zero-order chi connectivity index (χ0) is 28.0. The van der Waals surface area contributed by atoms with E-state index in [1.54, 1.807) is 38.6 Å². The fourth-order valence-corrected chi connectivity index (χ4v) is 5.34. The van der Waals surface area contributed by atoms with Gasteiger partial charge >= 0.3 is 0 Å². The van der Waals surface area contributed by atoms with Crippen LogP contribution in [0.1, 0.15) is 5.56 Å². The van der Waals surface area contributed by atoms with Crippen molar-refractivity contribution in [2.24, 2.45) is 14.1 Å². The van der Waals surface area contributed by atoms with Gasteiger partial charge in [-0.3, -0.25) is 14.5 Å². The summed E-state index contributed by atoms with van der Waals surface area (Å²) < 4.78 is 36.7. The van der Waals surface area contributed by atoms with Crippen LogP contribution in [0.5, 0.6) is 0 Å². The number of halogens is 2. The SMILES string of the molecule is Cn1cc(-c2cccc(CN3CCOCC3)c2)c(-c2cn(C)c(=O)c3[nH]c(-c4ccc(F)cc4F)cc23)cc1=O. The number of rotatable bonds is 5. The van der Waals surface area contributed by atoms with Crippen molar-refractivity contribution in [2.45, 2.75) is 6.54 Å². The molecule has 0 unspecified atom stereocenters. The Morgan fingerprint density at radius 1 is 0.850 bits per heavy atom. The molecule has 0 saturated carbocycles. The molecule has 1 aliphatic heterocycles. The summed E-state index contributed by atoms with van der Waals surface area (Å²) in [4.78, 5) is 31.4. The minimum Gasteiger partial charge on any atom is -0.379 e. The molecule has 2 aromatic carbocycles. The molecule has 1 saturated heterocycles. The Kier molecular flexibility index (Phi) is 6.69. The van der Waals surface area contributed by atoms with E-state index in [0.717, 1.165) is 42.4 Å². The summed E-state index contributed by atoms with van der Waals surface area (Å²) in [7, 11) is 3.34. The maximum atomic E-state index is 14.7. The Morgan fingerprint density at radius 3 is 2.40 bits per heavy atom. The minimum atomic E-state index is -0.740. The molecule has 9 heteroatoms. The fraction of sp³-hybridized carbons (Fsp3) is 0.226. The van der Waals surface area contributed by atoms with Crippen molar-refractivity contribution >= 4 is 10.9 Å². The molecule has 0 amide bonds. The number of nitrogens with zero attached hydrogens (tertiary/aromatic N) is 3. The van der Waals surface area contributed by atoms with Gasteiger partial charge in [0, 0.05) is 86.0 Å². The molecule has 1 N–H and O–H groups in total. The van der Waals surface area contributed by atoms with Gasteiger partial charge < -0.3 is 18.9 Å². The van der Waals surface area contributed by atoms with Crippen molar-refractivity contribution in [3.05, 3.63) is 105 Å². The average Bonchev–Trinajstić information content (AvgIpc) is 3.38. The molecular weight excluding hydrogens is 514 g/mol. The molecular formula is C31H28F2N4O3. The smallest absolute Gasteiger partial charge is 0.274 e. The van der Waals surface area contributed by atoms with Crippen molar-refractivity contribution in [1.82, 2.24) is 19.0 Å². The van der Waals surface area contributed by atoms with E-state index in [-0.39, 0.29) is 22.2 Å². The molecule has 6 rings (SSSR count). The van der Waals surface area contributed by atoms with Gasteiger partial charge in [0.1, 0.15) is 17.2 Å². The number of pyridine rings is 2. The lowest BCUT2D eigenvalue weighted by atomic mass is 9.94. The third-order valence-corrected chi connectivity index (χ3v) is 7.45. The van der Waals surface area contributed by atoms with Gasteiger partial charge in [0.05, 0.1) is 13.2 Å². The zero-order valence-electron chi connectivity index (χ0n) is 22.2. The van der Waals surface area contributed by atoms with Gasteiger partial charge in [-0.25, -0.2) is 8.78 Å². The highest BCUT2D eigenvalue weighted by molar-refractivity contribution is 6.00. The Balaban J connectivity index is 1.53. The predicted molar refractivity (Wildman–Crippen MR) is 151 cm³/mol. The van der Waals surface area contributed by atoms with Crippen LogP contribution in [0, 0.1) is 11.6 Å². The number of morpholine rings is 1. The summed E-state index contributed by atoms with van der Waals surface area (Å²) in [5.41, 5.74) is 4.44. The summed E-state index contributed by atoms with van der Waals surface area (Å²) in [5.74, 6) is -1.43. The predicted octanol–water partition coefficient (Wildman–Crippen LogP) is 4.68. The zero-order valence-corrected chi connectivity index (χ0v) is 22.2. The minimum absolute atomic E-state index is 0.144. The van der Waals surface area contributed by atoms with Gasteiger partial charge in [0.15, 0.2) is 0 Å². The first-order valence-electron chi connectivity index (χ1n) is 13.1. The molecule has 204 valence electrons. The van der Waals surface area contributed by atoms with Gasteiger partial charge in [0.25, 0.3) is 11.1 Å².